The molecule has 0 fully saturated rings. The number of carbonyl (C=O) groups is 1. The Morgan fingerprint density at radius 2 is 2.00 bits per heavy atom. The SMILES string of the molecule is Cn1c(C(=O)CCc2ccc3c(c2)CCNC3)cc2ccccc21. The van der Waals surface area contributed by atoms with Crippen LogP contribution in [-0.2, 0) is 26.4 Å². The van der Waals surface area contributed by atoms with Gasteiger partial charge in [0.2, 0.25) is 0 Å². The summed E-state index contributed by atoms with van der Waals surface area (Å²) in [7, 11) is 1.97. The van der Waals surface area contributed by atoms with Gasteiger partial charge >= 0.3 is 0 Å². The highest BCUT2D eigenvalue weighted by Crippen LogP contribution is 2.21. The molecule has 1 N–H and O–H groups in total. The van der Waals surface area contributed by atoms with Gasteiger partial charge < -0.3 is 9.88 Å². The smallest absolute Gasteiger partial charge is 0.179 e. The summed E-state index contributed by atoms with van der Waals surface area (Å²) in [5.41, 5.74) is 6.01. The third-order valence-electron chi connectivity index (χ3n) is 5.04. The van der Waals surface area contributed by atoms with Crippen LogP contribution >= 0.6 is 0 Å². The summed E-state index contributed by atoms with van der Waals surface area (Å²) in [5.74, 6) is 0.216. The number of para-hydroxylation sites is 1. The van der Waals surface area contributed by atoms with Gasteiger partial charge in [0.15, 0.2) is 5.78 Å². The molecule has 1 aliphatic rings. The Balaban J connectivity index is 1.51. The molecule has 3 heteroatoms. The van der Waals surface area contributed by atoms with Crippen LogP contribution in [0.3, 0.4) is 0 Å². The van der Waals surface area contributed by atoms with E-state index < -0.39 is 0 Å². The van der Waals surface area contributed by atoms with Crippen molar-refractivity contribution in [3.8, 4) is 0 Å². The first-order chi connectivity index (χ1) is 11.7. The molecule has 3 aromatic rings. The van der Waals surface area contributed by atoms with Crippen LogP contribution in [0.5, 0.6) is 0 Å². The normalized spacial score (nSPS) is 13.9. The lowest BCUT2D eigenvalue weighted by molar-refractivity contribution is 0.0975. The zero-order valence-corrected chi connectivity index (χ0v) is 14.0. The van der Waals surface area contributed by atoms with E-state index in [2.05, 4.69) is 35.6 Å². The maximum atomic E-state index is 12.7. The van der Waals surface area contributed by atoms with Gasteiger partial charge in [-0.3, -0.25) is 4.79 Å². The average molecular weight is 318 g/mol. The van der Waals surface area contributed by atoms with Crippen molar-refractivity contribution in [1.82, 2.24) is 9.88 Å². The molecule has 2 heterocycles. The maximum absolute atomic E-state index is 12.7. The number of nitrogens with one attached hydrogen (secondary N) is 1. The van der Waals surface area contributed by atoms with Crippen LogP contribution in [0.25, 0.3) is 10.9 Å². The first-order valence-corrected chi connectivity index (χ1v) is 8.61. The molecule has 1 aliphatic heterocycles. The largest absolute Gasteiger partial charge is 0.341 e. The number of Topliss-reactive ketones (excluding diaryl/α,β-unsaturated/α-hetero) is 1. The van der Waals surface area contributed by atoms with Crippen molar-refractivity contribution in [1.29, 1.82) is 0 Å². The number of hydrogen-bond acceptors (Lipinski definition) is 2. The van der Waals surface area contributed by atoms with Gasteiger partial charge in [-0.25, -0.2) is 0 Å². The summed E-state index contributed by atoms with van der Waals surface area (Å²) < 4.78 is 2.01. The Bertz CT molecular complexity index is 907. The monoisotopic (exact) mass is 318 g/mol. The number of aromatic nitrogens is 1. The molecule has 0 saturated heterocycles. The van der Waals surface area contributed by atoms with Gasteiger partial charge in [-0.05, 0) is 48.2 Å². The van der Waals surface area contributed by atoms with Crippen LogP contribution in [0.15, 0.2) is 48.5 Å². The molecule has 0 amide bonds. The quantitative estimate of drug-likeness (QED) is 0.745. The van der Waals surface area contributed by atoms with Gasteiger partial charge in [0.25, 0.3) is 0 Å². The van der Waals surface area contributed by atoms with Crippen molar-refractivity contribution in [3.63, 3.8) is 0 Å². The first kappa shape index (κ1) is 15.2. The topological polar surface area (TPSA) is 34.0 Å². The molecule has 0 unspecified atom stereocenters. The summed E-state index contributed by atoms with van der Waals surface area (Å²) in [6.07, 6.45) is 2.45. The van der Waals surface area contributed by atoms with Crippen LogP contribution in [0.1, 0.15) is 33.6 Å². The van der Waals surface area contributed by atoms with E-state index in [-0.39, 0.29) is 5.78 Å². The van der Waals surface area contributed by atoms with Gasteiger partial charge in [0.05, 0.1) is 5.69 Å². The van der Waals surface area contributed by atoms with Crippen LogP contribution in [0, 0.1) is 0 Å². The predicted molar refractivity (Wildman–Crippen MR) is 97.4 cm³/mol. The van der Waals surface area contributed by atoms with Crippen LogP contribution in [-0.4, -0.2) is 16.9 Å². The molecule has 0 radical (unpaired) electrons. The molecule has 1 aromatic heterocycles. The van der Waals surface area contributed by atoms with E-state index in [9.17, 15) is 4.79 Å². The number of ketones is 1. The summed E-state index contributed by atoms with van der Waals surface area (Å²) >= 11 is 0. The Labute approximate surface area is 142 Å². The third kappa shape index (κ3) is 2.76. The van der Waals surface area contributed by atoms with Crippen LogP contribution < -0.4 is 5.32 Å². The zero-order chi connectivity index (χ0) is 16.5. The second-order valence-electron chi connectivity index (χ2n) is 6.60. The van der Waals surface area contributed by atoms with Crippen LogP contribution in [0.4, 0.5) is 0 Å². The molecule has 2 aromatic carbocycles. The number of aryl methyl sites for hydroxylation is 2. The fourth-order valence-corrected chi connectivity index (χ4v) is 3.63. The number of fused-ring (bicyclic) bond motifs is 2. The zero-order valence-electron chi connectivity index (χ0n) is 14.0. The fraction of sp³-hybridized carbons (Fsp3) is 0.286. The Morgan fingerprint density at radius 1 is 1.12 bits per heavy atom. The molecule has 0 aliphatic carbocycles. The molecule has 0 saturated carbocycles. The Morgan fingerprint density at radius 3 is 2.88 bits per heavy atom. The number of hydrogen-bond donors (Lipinski definition) is 1. The van der Waals surface area contributed by atoms with Crippen LogP contribution in [0.2, 0.25) is 0 Å². The first-order valence-electron chi connectivity index (χ1n) is 8.61. The molecule has 4 rings (SSSR count). The number of carbonyl (C=O) groups excluding carboxylic acids is 1. The Kier molecular flexibility index (Phi) is 3.95. The molecule has 24 heavy (non-hydrogen) atoms. The average Bonchev–Trinajstić information content (AvgIpc) is 2.97. The minimum Gasteiger partial charge on any atom is -0.341 e. The highest BCUT2D eigenvalue weighted by molar-refractivity contribution is 6.00. The van der Waals surface area contributed by atoms with Crippen molar-refractivity contribution < 1.29 is 4.79 Å². The summed E-state index contributed by atoms with van der Waals surface area (Å²) in [6, 6.07) is 16.8. The van der Waals surface area contributed by atoms with Crippen molar-refractivity contribution >= 4 is 16.7 Å². The number of rotatable bonds is 4. The highest BCUT2D eigenvalue weighted by atomic mass is 16.1. The van der Waals surface area contributed by atoms with E-state index in [0.717, 1.165) is 42.5 Å². The van der Waals surface area contributed by atoms with Gasteiger partial charge in [-0.1, -0.05) is 36.4 Å². The second-order valence-corrected chi connectivity index (χ2v) is 6.60. The van der Waals surface area contributed by atoms with Gasteiger partial charge in [0.1, 0.15) is 0 Å². The van der Waals surface area contributed by atoms with Gasteiger partial charge in [-0.2, -0.15) is 0 Å². The number of benzene rings is 2. The maximum Gasteiger partial charge on any atom is 0.179 e. The van der Waals surface area contributed by atoms with E-state index >= 15 is 0 Å². The molecular weight excluding hydrogens is 296 g/mol. The minimum atomic E-state index is 0.216. The lowest BCUT2D eigenvalue weighted by atomic mass is 9.96. The summed E-state index contributed by atoms with van der Waals surface area (Å²) in [4.78, 5) is 12.7. The third-order valence-corrected chi connectivity index (χ3v) is 5.04. The molecule has 3 nitrogen and oxygen atoms in total. The summed E-state index contributed by atoms with van der Waals surface area (Å²) in [6.45, 7) is 2.01. The Hall–Kier alpha value is -2.39. The summed E-state index contributed by atoms with van der Waals surface area (Å²) in [5, 5.41) is 4.52. The van der Waals surface area contributed by atoms with Crippen molar-refractivity contribution in [2.75, 3.05) is 6.54 Å². The molecule has 0 bridgehead atoms. The van der Waals surface area contributed by atoms with Gasteiger partial charge in [0, 0.05) is 30.9 Å². The van der Waals surface area contributed by atoms with E-state index in [0.29, 0.717) is 6.42 Å². The van der Waals surface area contributed by atoms with Crippen molar-refractivity contribution in [3.05, 3.63) is 70.9 Å². The second kappa shape index (κ2) is 6.25. The van der Waals surface area contributed by atoms with E-state index in [1.165, 1.54) is 16.7 Å². The lowest BCUT2D eigenvalue weighted by Crippen LogP contribution is -2.23. The fourth-order valence-electron chi connectivity index (χ4n) is 3.63. The minimum absolute atomic E-state index is 0.216. The van der Waals surface area contributed by atoms with Gasteiger partial charge in [-0.15, -0.1) is 0 Å². The number of nitrogens with zero attached hydrogens (tertiary/aromatic N) is 1. The van der Waals surface area contributed by atoms with E-state index in [1.54, 1.807) is 0 Å². The van der Waals surface area contributed by atoms with E-state index in [1.807, 2.05) is 29.8 Å². The molecule has 0 atom stereocenters. The lowest BCUT2D eigenvalue weighted by Gasteiger charge is -2.17. The molecule has 0 spiro atoms. The van der Waals surface area contributed by atoms with Crippen molar-refractivity contribution in [2.24, 2.45) is 7.05 Å². The highest BCUT2D eigenvalue weighted by Gasteiger charge is 2.14. The standard InChI is InChI=1S/C21H22N2O/c1-23-19-5-3-2-4-17(19)13-20(23)21(24)9-7-15-6-8-18-14-22-11-10-16(18)12-15/h2-6,8,12-13,22H,7,9-11,14H2,1H3. The van der Waals surface area contributed by atoms with E-state index in [4.69, 9.17) is 0 Å². The molecular formula is C21H22N2O. The molecule has 122 valence electrons. The predicted octanol–water partition coefficient (Wildman–Crippen LogP) is 3.64. The van der Waals surface area contributed by atoms with Crippen molar-refractivity contribution in [2.45, 2.75) is 25.8 Å².